The van der Waals surface area contributed by atoms with Crippen LogP contribution in [0.5, 0.6) is 0 Å². The molecule has 1 saturated heterocycles. The second kappa shape index (κ2) is 9.38. The van der Waals surface area contributed by atoms with E-state index in [1.54, 1.807) is 12.1 Å². The first-order valence-corrected chi connectivity index (χ1v) is 12.7. The summed E-state index contributed by atoms with van der Waals surface area (Å²) in [6, 6.07) is 15.4. The van der Waals surface area contributed by atoms with Gasteiger partial charge in [0, 0.05) is 35.5 Å². The molecule has 0 radical (unpaired) electrons. The van der Waals surface area contributed by atoms with Crippen LogP contribution in [0.3, 0.4) is 0 Å². The van der Waals surface area contributed by atoms with E-state index in [1.165, 1.54) is 37.8 Å². The maximum Gasteiger partial charge on any atom is 0.178 e. The molecule has 1 N–H and O–H groups in total. The number of hydrogen-bond acceptors (Lipinski definition) is 5. The fourth-order valence-corrected chi connectivity index (χ4v) is 5.48. The summed E-state index contributed by atoms with van der Waals surface area (Å²) < 4.78 is 15.8. The average molecular weight is 471 g/mol. The van der Waals surface area contributed by atoms with E-state index in [2.05, 4.69) is 45.0 Å². The number of benzene rings is 1. The standard InChI is InChI=1S/C28H31FN6/c1-34-16-13-19(14-17-34)24-10-11-25-27(32-24)33-28(20-6-8-21(29)9-7-20)35(25)23-12-15-30-26(18-23)31-22-4-2-3-5-22/h6-12,15,18-19,22H,2-5,13-14,16-17H2,1H3,(H,30,31). The summed E-state index contributed by atoms with van der Waals surface area (Å²) in [6.07, 6.45) is 8.97. The Morgan fingerprint density at radius 1 is 0.914 bits per heavy atom. The predicted octanol–water partition coefficient (Wildman–Crippen LogP) is 5.79. The van der Waals surface area contributed by atoms with Crippen LogP contribution in [0.1, 0.15) is 50.1 Å². The highest BCUT2D eigenvalue weighted by molar-refractivity contribution is 5.81. The van der Waals surface area contributed by atoms with Crippen molar-refractivity contribution in [1.82, 2.24) is 24.4 Å². The summed E-state index contributed by atoms with van der Waals surface area (Å²) in [7, 11) is 2.17. The number of likely N-dealkylation sites (tertiary alicyclic amines) is 1. The summed E-state index contributed by atoms with van der Waals surface area (Å²) in [4.78, 5) is 16.9. The molecular weight excluding hydrogens is 439 g/mol. The lowest BCUT2D eigenvalue weighted by atomic mass is 9.93. The molecule has 4 heterocycles. The molecular formula is C28H31FN6. The number of halogens is 1. The minimum atomic E-state index is -0.258. The number of imidazole rings is 1. The molecule has 1 aliphatic carbocycles. The molecule has 35 heavy (non-hydrogen) atoms. The fourth-order valence-electron chi connectivity index (χ4n) is 5.48. The first-order chi connectivity index (χ1) is 17.1. The molecule has 0 amide bonds. The summed E-state index contributed by atoms with van der Waals surface area (Å²) in [5.74, 6) is 1.83. The predicted molar refractivity (Wildman–Crippen MR) is 137 cm³/mol. The number of pyridine rings is 2. The summed E-state index contributed by atoms with van der Waals surface area (Å²) >= 11 is 0. The van der Waals surface area contributed by atoms with Crippen LogP contribution in [0.4, 0.5) is 10.2 Å². The van der Waals surface area contributed by atoms with Gasteiger partial charge in [0.1, 0.15) is 17.5 Å². The molecule has 0 bridgehead atoms. The van der Waals surface area contributed by atoms with Crippen molar-refractivity contribution in [3.63, 3.8) is 0 Å². The van der Waals surface area contributed by atoms with Gasteiger partial charge in [-0.15, -0.1) is 0 Å². The molecule has 1 saturated carbocycles. The molecule has 2 fully saturated rings. The monoisotopic (exact) mass is 470 g/mol. The van der Waals surface area contributed by atoms with E-state index in [0.717, 1.165) is 65.7 Å². The van der Waals surface area contributed by atoms with Crippen molar-refractivity contribution >= 4 is 17.0 Å². The van der Waals surface area contributed by atoms with E-state index in [-0.39, 0.29) is 5.82 Å². The van der Waals surface area contributed by atoms with Crippen LogP contribution in [-0.2, 0) is 0 Å². The lowest BCUT2D eigenvalue weighted by Gasteiger charge is -2.28. The van der Waals surface area contributed by atoms with Crippen molar-refractivity contribution in [2.24, 2.45) is 0 Å². The molecule has 2 aliphatic rings. The molecule has 0 unspecified atom stereocenters. The minimum Gasteiger partial charge on any atom is -0.367 e. The van der Waals surface area contributed by atoms with Crippen molar-refractivity contribution in [3.05, 3.63) is 66.2 Å². The topological polar surface area (TPSA) is 58.9 Å². The molecule has 7 heteroatoms. The maximum atomic E-state index is 13.7. The Hall–Kier alpha value is -3.32. The zero-order chi connectivity index (χ0) is 23.8. The minimum absolute atomic E-state index is 0.258. The first-order valence-electron chi connectivity index (χ1n) is 12.7. The van der Waals surface area contributed by atoms with Crippen LogP contribution in [0.15, 0.2) is 54.7 Å². The quantitative estimate of drug-likeness (QED) is 0.400. The van der Waals surface area contributed by atoms with Crippen LogP contribution in [0.25, 0.3) is 28.2 Å². The van der Waals surface area contributed by atoms with Crippen molar-refractivity contribution in [1.29, 1.82) is 0 Å². The van der Waals surface area contributed by atoms with Crippen molar-refractivity contribution in [2.75, 3.05) is 25.5 Å². The summed E-state index contributed by atoms with van der Waals surface area (Å²) in [5, 5.41) is 3.60. The van der Waals surface area contributed by atoms with Gasteiger partial charge in [-0.1, -0.05) is 12.8 Å². The Morgan fingerprint density at radius 2 is 1.69 bits per heavy atom. The van der Waals surface area contributed by atoms with E-state index >= 15 is 0 Å². The Balaban J connectivity index is 1.44. The first kappa shape index (κ1) is 22.2. The largest absolute Gasteiger partial charge is 0.367 e. The highest BCUT2D eigenvalue weighted by atomic mass is 19.1. The lowest BCUT2D eigenvalue weighted by molar-refractivity contribution is 0.253. The van der Waals surface area contributed by atoms with Gasteiger partial charge in [-0.3, -0.25) is 4.57 Å². The number of nitrogens with one attached hydrogen (secondary N) is 1. The SMILES string of the molecule is CN1CCC(c2ccc3c(n2)nc(-c2ccc(F)cc2)n3-c2ccnc(NC3CCCC3)c2)CC1. The highest BCUT2D eigenvalue weighted by Crippen LogP contribution is 2.32. The summed E-state index contributed by atoms with van der Waals surface area (Å²) in [5.41, 5.74) is 4.60. The Bertz CT molecular complexity index is 1320. The Labute approximate surface area is 205 Å². The third-order valence-corrected chi connectivity index (χ3v) is 7.49. The van der Waals surface area contributed by atoms with E-state index in [0.29, 0.717) is 12.0 Å². The second-order valence-electron chi connectivity index (χ2n) is 9.96. The van der Waals surface area contributed by atoms with Gasteiger partial charge in [0.25, 0.3) is 0 Å². The third kappa shape index (κ3) is 4.52. The van der Waals surface area contributed by atoms with E-state index in [9.17, 15) is 4.39 Å². The molecule has 6 nitrogen and oxygen atoms in total. The third-order valence-electron chi connectivity index (χ3n) is 7.49. The number of hydrogen-bond donors (Lipinski definition) is 1. The van der Waals surface area contributed by atoms with Gasteiger partial charge >= 0.3 is 0 Å². The van der Waals surface area contributed by atoms with Crippen LogP contribution in [-0.4, -0.2) is 50.6 Å². The lowest BCUT2D eigenvalue weighted by Crippen LogP contribution is -2.29. The molecule has 3 aromatic heterocycles. The van der Waals surface area contributed by atoms with Crippen LogP contribution < -0.4 is 5.32 Å². The van der Waals surface area contributed by atoms with Gasteiger partial charge in [0.15, 0.2) is 5.65 Å². The zero-order valence-corrected chi connectivity index (χ0v) is 20.1. The van der Waals surface area contributed by atoms with Crippen molar-refractivity contribution in [2.45, 2.75) is 50.5 Å². The van der Waals surface area contributed by atoms with Crippen molar-refractivity contribution < 1.29 is 4.39 Å². The Morgan fingerprint density at radius 3 is 2.46 bits per heavy atom. The van der Waals surface area contributed by atoms with Gasteiger partial charge in [0.2, 0.25) is 0 Å². The molecule has 6 rings (SSSR count). The van der Waals surface area contributed by atoms with E-state index < -0.39 is 0 Å². The van der Waals surface area contributed by atoms with Gasteiger partial charge < -0.3 is 10.2 Å². The van der Waals surface area contributed by atoms with Crippen LogP contribution in [0, 0.1) is 5.82 Å². The normalized spacial score (nSPS) is 17.9. The molecule has 1 aromatic carbocycles. The number of anilines is 1. The molecule has 0 atom stereocenters. The number of fused-ring (bicyclic) bond motifs is 1. The van der Waals surface area contributed by atoms with E-state index in [4.69, 9.17) is 9.97 Å². The molecule has 0 spiro atoms. The van der Waals surface area contributed by atoms with Crippen LogP contribution in [0.2, 0.25) is 0 Å². The molecule has 180 valence electrons. The number of piperidine rings is 1. The van der Waals surface area contributed by atoms with Gasteiger partial charge in [-0.05, 0) is 88.3 Å². The summed E-state index contributed by atoms with van der Waals surface area (Å²) in [6.45, 7) is 2.18. The molecule has 1 aliphatic heterocycles. The van der Waals surface area contributed by atoms with Gasteiger partial charge in [-0.2, -0.15) is 0 Å². The van der Waals surface area contributed by atoms with Gasteiger partial charge in [-0.25, -0.2) is 19.3 Å². The van der Waals surface area contributed by atoms with Gasteiger partial charge in [0.05, 0.1) is 11.2 Å². The Kier molecular flexibility index (Phi) is 5.94. The smallest absolute Gasteiger partial charge is 0.178 e. The number of aromatic nitrogens is 4. The average Bonchev–Trinajstić information content (AvgIpc) is 3.52. The maximum absolute atomic E-state index is 13.7. The highest BCUT2D eigenvalue weighted by Gasteiger charge is 2.22. The second-order valence-corrected chi connectivity index (χ2v) is 9.96. The number of nitrogens with zero attached hydrogens (tertiary/aromatic N) is 5. The number of rotatable bonds is 5. The van der Waals surface area contributed by atoms with Crippen LogP contribution >= 0.6 is 0 Å². The zero-order valence-electron chi connectivity index (χ0n) is 20.1. The molecule has 4 aromatic rings. The fraction of sp³-hybridized carbons (Fsp3) is 0.393. The van der Waals surface area contributed by atoms with E-state index in [1.807, 2.05) is 12.3 Å². The van der Waals surface area contributed by atoms with Crippen molar-refractivity contribution in [3.8, 4) is 17.1 Å².